The van der Waals surface area contributed by atoms with Crippen molar-refractivity contribution < 1.29 is 9.53 Å². The van der Waals surface area contributed by atoms with Crippen molar-refractivity contribution in [3.8, 4) is 5.75 Å². The summed E-state index contributed by atoms with van der Waals surface area (Å²) in [5.41, 5.74) is 1.14. The molecule has 1 amide bonds. The number of carbonyl (C=O) groups is 1. The number of nitrogens with one attached hydrogen (secondary N) is 2. The summed E-state index contributed by atoms with van der Waals surface area (Å²) in [4.78, 5) is 11.7. The van der Waals surface area contributed by atoms with E-state index in [4.69, 9.17) is 4.74 Å². The molecule has 0 spiro atoms. The molecule has 0 saturated carbocycles. The Hall–Kier alpha value is -1.55. The number of ether oxygens (including phenoxy) is 1. The first kappa shape index (κ1) is 15.5. The van der Waals surface area contributed by atoms with E-state index in [1.807, 2.05) is 45.0 Å². The molecule has 0 fully saturated rings. The van der Waals surface area contributed by atoms with E-state index in [1.165, 1.54) is 0 Å². The number of hydrogen-bond acceptors (Lipinski definition) is 3. The van der Waals surface area contributed by atoms with Gasteiger partial charge in [-0.2, -0.15) is 0 Å². The van der Waals surface area contributed by atoms with Gasteiger partial charge >= 0.3 is 0 Å². The molecule has 19 heavy (non-hydrogen) atoms. The van der Waals surface area contributed by atoms with Crippen molar-refractivity contribution >= 4 is 5.91 Å². The van der Waals surface area contributed by atoms with Gasteiger partial charge in [0.05, 0.1) is 12.6 Å². The zero-order chi connectivity index (χ0) is 14.1. The average Bonchev–Trinajstić information content (AvgIpc) is 2.44. The van der Waals surface area contributed by atoms with E-state index in [1.54, 1.807) is 0 Å². The van der Waals surface area contributed by atoms with Crippen LogP contribution in [0.25, 0.3) is 0 Å². The van der Waals surface area contributed by atoms with Crippen LogP contribution in [0.1, 0.15) is 32.8 Å². The van der Waals surface area contributed by atoms with Crippen molar-refractivity contribution in [1.29, 1.82) is 0 Å². The number of carbonyl (C=O) groups excluding carboxylic acids is 1. The second-order valence-corrected chi connectivity index (χ2v) is 4.47. The smallest absolute Gasteiger partial charge is 0.236 e. The van der Waals surface area contributed by atoms with Gasteiger partial charge in [-0.15, -0.1) is 0 Å². The molecule has 1 unspecified atom stereocenters. The topological polar surface area (TPSA) is 50.4 Å². The summed E-state index contributed by atoms with van der Waals surface area (Å²) >= 11 is 0. The molecule has 2 N–H and O–H groups in total. The minimum absolute atomic E-state index is 0.0489. The minimum atomic E-state index is -0.182. The summed E-state index contributed by atoms with van der Waals surface area (Å²) in [6.45, 7) is 7.96. The first-order valence-electron chi connectivity index (χ1n) is 6.90. The molecule has 0 aliphatic carbocycles. The molecule has 0 bridgehead atoms. The van der Waals surface area contributed by atoms with Crippen molar-refractivity contribution in [1.82, 2.24) is 10.6 Å². The second kappa shape index (κ2) is 8.53. The molecular formula is C15H24N2O2. The molecule has 4 heteroatoms. The highest BCUT2D eigenvalue weighted by Crippen LogP contribution is 2.11. The fraction of sp³-hybridized carbons (Fsp3) is 0.533. The van der Waals surface area contributed by atoms with Gasteiger partial charge in [-0.25, -0.2) is 0 Å². The van der Waals surface area contributed by atoms with Gasteiger partial charge in [0.2, 0.25) is 5.91 Å². The molecule has 0 saturated heterocycles. The van der Waals surface area contributed by atoms with Crippen LogP contribution in [0.2, 0.25) is 0 Å². The molecule has 0 aliphatic heterocycles. The fourth-order valence-electron chi connectivity index (χ4n) is 1.64. The van der Waals surface area contributed by atoms with E-state index >= 15 is 0 Å². The van der Waals surface area contributed by atoms with Gasteiger partial charge in [-0.3, -0.25) is 4.79 Å². The lowest BCUT2D eigenvalue weighted by molar-refractivity contribution is -0.122. The van der Waals surface area contributed by atoms with Gasteiger partial charge in [-0.05, 0) is 38.0 Å². The Morgan fingerprint density at radius 2 is 1.95 bits per heavy atom. The average molecular weight is 264 g/mol. The Morgan fingerprint density at radius 1 is 1.26 bits per heavy atom. The molecule has 1 aromatic carbocycles. The summed E-state index contributed by atoms with van der Waals surface area (Å²) < 4.78 is 5.38. The summed E-state index contributed by atoms with van der Waals surface area (Å²) in [5.74, 6) is 0.924. The zero-order valence-electron chi connectivity index (χ0n) is 12.0. The third-order valence-electron chi connectivity index (χ3n) is 2.79. The highest BCUT2D eigenvalue weighted by Gasteiger charge is 2.10. The quantitative estimate of drug-likeness (QED) is 0.756. The molecule has 4 nitrogen and oxygen atoms in total. The SMILES string of the molecule is CCCNC(=O)C(C)NCc1ccc(OCC)cc1. The monoisotopic (exact) mass is 264 g/mol. The molecule has 106 valence electrons. The molecular weight excluding hydrogens is 240 g/mol. The highest BCUT2D eigenvalue weighted by molar-refractivity contribution is 5.81. The summed E-state index contributed by atoms with van der Waals surface area (Å²) in [6.07, 6.45) is 0.956. The Kier molecular flexibility index (Phi) is 6.97. The number of amides is 1. The van der Waals surface area contributed by atoms with Crippen molar-refractivity contribution in [2.75, 3.05) is 13.2 Å². The van der Waals surface area contributed by atoms with Crippen LogP contribution in [0.5, 0.6) is 5.75 Å². The third kappa shape index (κ3) is 5.75. The van der Waals surface area contributed by atoms with E-state index in [9.17, 15) is 4.79 Å². The van der Waals surface area contributed by atoms with Crippen molar-refractivity contribution in [2.24, 2.45) is 0 Å². The van der Waals surface area contributed by atoms with Crippen LogP contribution < -0.4 is 15.4 Å². The highest BCUT2D eigenvalue weighted by atomic mass is 16.5. The number of rotatable bonds is 8. The van der Waals surface area contributed by atoms with Gasteiger partial charge in [-0.1, -0.05) is 19.1 Å². The van der Waals surface area contributed by atoms with Crippen LogP contribution in [-0.2, 0) is 11.3 Å². The Bertz CT molecular complexity index is 376. The van der Waals surface area contributed by atoms with Crippen LogP contribution in [0, 0.1) is 0 Å². The van der Waals surface area contributed by atoms with Crippen molar-refractivity contribution in [3.63, 3.8) is 0 Å². The molecule has 1 aromatic rings. The van der Waals surface area contributed by atoms with Crippen LogP contribution >= 0.6 is 0 Å². The predicted octanol–water partition coefficient (Wildman–Crippen LogP) is 2.09. The first-order chi connectivity index (χ1) is 9.17. The normalized spacial score (nSPS) is 11.9. The zero-order valence-corrected chi connectivity index (χ0v) is 12.0. The molecule has 0 radical (unpaired) electrons. The summed E-state index contributed by atoms with van der Waals surface area (Å²) in [7, 11) is 0. The van der Waals surface area contributed by atoms with Crippen LogP contribution in [0.15, 0.2) is 24.3 Å². The predicted molar refractivity (Wildman–Crippen MR) is 77.2 cm³/mol. The van der Waals surface area contributed by atoms with Gasteiger partial charge < -0.3 is 15.4 Å². The molecule has 1 atom stereocenters. The summed E-state index contributed by atoms with van der Waals surface area (Å²) in [5, 5.41) is 6.08. The van der Waals surface area contributed by atoms with Gasteiger partial charge in [0.25, 0.3) is 0 Å². The molecule has 0 heterocycles. The van der Waals surface area contributed by atoms with Crippen molar-refractivity contribution in [2.45, 2.75) is 39.8 Å². The van der Waals surface area contributed by atoms with E-state index in [0.717, 1.165) is 24.3 Å². The molecule has 1 rings (SSSR count). The minimum Gasteiger partial charge on any atom is -0.494 e. The van der Waals surface area contributed by atoms with Crippen LogP contribution in [-0.4, -0.2) is 25.1 Å². The lowest BCUT2D eigenvalue weighted by Crippen LogP contribution is -2.42. The maximum absolute atomic E-state index is 11.7. The van der Waals surface area contributed by atoms with E-state index < -0.39 is 0 Å². The first-order valence-corrected chi connectivity index (χ1v) is 6.90. The lowest BCUT2D eigenvalue weighted by atomic mass is 10.2. The van der Waals surface area contributed by atoms with E-state index in [2.05, 4.69) is 10.6 Å². The molecule has 0 aromatic heterocycles. The number of benzene rings is 1. The van der Waals surface area contributed by atoms with Crippen LogP contribution in [0.3, 0.4) is 0 Å². The van der Waals surface area contributed by atoms with Crippen LogP contribution in [0.4, 0.5) is 0 Å². The fourth-order valence-corrected chi connectivity index (χ4v) is 1.64. The maximum atomic E-state index is 11.7. The van der Waals surface area contributed by atoms with E-state index in [-0.39, 0.29) is 11.9 Å². The van der Waals surface area contributed by atoms with Gasteiger partial charge in [0.1, 0.15) is 5.75 Å². The third-order valence-corrected chi connectivity index (χ3v) is 2.79. The lowest BCUT2D eigenvalue weighted by Gasteiger charge is -2.14. The Labute approximate surface area is 115 Å². The van der Waals surface area contributed by atoms with Gasteiger partial charge in [0.15, 0.2) is 0 Å². The standard InChI is InChI=1S/C15H24N2O2/c1-4-10-16-15(18)12(3)17-11-13-6-8-14(9-7-13)19-5-2/h6-9,12,17H,4-5,10-11H2,1-3H3,(H,16,18). The second-order valence-electron chi connectivity index (χ2n) is 4.47. The Balaban J connectivity index is 2.37. The van der Waals surface area contributed by atoms with E-state index in [0.29, 0.717) is 13.2 Å². The Morgan fingerprint density at radius 3 is 2.53 bits per heavy atom. The largest absolute Gasteiger partial charge is 0.494 e. The summed E-state index contributed by atoms with van der Waals surface area (Å²) in [6, 6.07) is 7.73. The molecule has 0 aliphatic rings. The van der Waals surface area contributed by atoms with Gasteiger partial charge in [0, 0.05) is 13.1 Å². The number of hydrogen-bond donors (Lipinski definition) is 2. The maximum Gasteiger partial charge on any atom is 0.236 e. The van der Waals surface area contributed by atoms with Crippen molar-refractivity contribution in [3.05, 3.63) is 29.8 Å².